The molecule has 0 atom stereocenters. The summed E-state index contributed by atoms with van der Waals surface area (Å²) in [5, 5.41) is 0. The van der Waals surface area contributed by atoms with Crippen LogP contribution in [0.4, 0.5) is 0 Å². The first-order valence-corrected chi connectivity index (χ1v) is 6.20. The largest absolute Gasteiger partial charge is 0.465 e. The average Bonchev–Trinajstić information content (AvgIpc) is 2.42. The second-order valence-corrected chi connectivity index (χ2v) is 4.52. The number of ketones is 1. The van der Waals surface area contributed by atoms with E-state index in [-0.39, 0.29) is 11.4 Å². The summed E-state index contributed by atoms with van der Waals surface area (Å²) in [4.78, 5) is 25.1. The highest BCUT2D eigenvalue weighted by Crippen LogP contribution is 2.18. The lowest BCUT2D eigenvalue weighted by Crippen LogP contribution is -2.12. The number of benzene rings is 1. The Bertz CT molecular complexity index is 542. The first-order chi connectivity index (χ1) is 9.45. The van der Waals surface area contributed by atoms with Crippen LogP contribution in [0.25, 0.3) is 5.57 Å². The predicted molar refractivity (Wildman–Crippen MR) is 78.9 cm³/mol. The van der Waals surface area contributed by atoms with Gasteiger partial charge in [-0.1, -0.05) is 30.3 Å². The number of methoxy groups -OCH3 is 1. The number of carbonyl (C=O) groups is 2. The molecule has 0 radical (unpaired) electrons. The maximum Gasteiger partial charge on any atom is 0.341 e. The third-order valence-electron chi connectivity index (χ3n) is 2.59. The quantitative estimate of drug-likeness (QED) is 0.271. The third kappa shape index (κ3) is 4.39. The van der Waals surface area contributed by atoms with Crippen molar-refractivity contribution in [3.63, 3.8) is 0 Å². The first kappa shape index (κ1) is 15.7. The molecule has 20 heavy (non-hydrogen) atoms. The number of esters is 1. The zero-order valence-corrected chi connectivity index (χ0v) is 12.2. The maximum absolute atomic E-state index is 11.7. The van der Waals surface area contributed by atoms with Gasteiger partial charge in [-0.25, -0.2) is 4.79 Å². The SMILES string of the molecule is COC(=O)/C(=C/C(=C/N(C)C)c1ccccc1)C(C)=O. The van der Waals surface area contributed by atoms with Crippen LogP contribution in [-0.2, 0) is 14.3 Å². The van der Waals surface area contributed by atoms with Crippen molar-refractivity contribution < 1.29 is 14.3 Å². The Morgan fingerprint density at radius 3 is 2.20 bits per heavy atom. The van der Waals surface area contributed by atoms with Gasteiger partial charge in [0, 0.05) is 20.3 Å². The zero-order valence-electron chi connectivity index (χ0n) is 12.2. The Morgan fingerprint density at radius 1 is 1.15 bits per heavy atom. The number of allylic oxidation sites excluding steroid dienone is 2. The molecule has 0 heterocycles. The summed E-state index contributed by atoms with van der Waals surface area (Å²) in [6, 6.07) is 9.55. The Labute approximate surface area is 119 Å². The predicted octanol–water partition coefficient (Wildman–Crippen LogP) is 2.28. The number of Topliss-reactive ketones (excluding diaryl/α,β-unsaturated/α-hetero) is 1. The molecule has 0 saturated heterocycles. The Hall–Kier alpha value is -2.36. The van der Waals surface area contributed by atoms with Crippen molar-refractivity contribution in [1.29, 1.82) is 0 Å². The Morgan fingerprint density at radius 2 is 1.75 bits per heavy atom. The molecule has 0 saturated carbocycles. The number of hydrogen-bond donors (Lipinski definition) is 0. The molecule has 0 aliphatic carbocycles. The molecular formula is C16H19NO3. The van der Waals surface area contributed by atoms with Gasteiger partial charge in [0.1, 0.15) is 5.57 Å². The minimum Gasteiger partial charge on any atom is -0.465 e. The van der Waals surface area contributed by atoms with E-state index in [1.165, 1.54) is 14.0 Å². The van der Waals surface area contributed by atoms with Crippen LogP contribution in [0.15, 0.2) is 48.2 Å². The standard InChI is InChI=1S/C16H19NO3/c1-12(18)15(16(19)20-4)10-14(11-17(2)3)13-8-6-5-7-9-13/h5-11H,1-4H3/b14-11-,15-10+. The number of rotatable bonds is 5. The summed E-state index contributed by atoms with van der Waals surface area (Å²) in [6.07, 6.45) is 3.41. The molecule has 0 aliphatic heterocycles. The summed E-state index contributed by atoms with van der Waals surface area (Å²) < 4.78 is 4.65. The summed E-state index contributed by atoms with van der Waals surface area (Å²) >= 11 is 0. The van der Waals surface area contributed by atoms with Crippen molar-refractivity contribution >= 4 is 17.3 Å². The molecule has 0 amide bonds. The molecule has 1 rings (SSSR count). The van der Waals surface area contributed by atoms with Crippen molar-refractivity contribution in [2.75, 3.05) is 21.2 Å². The molecule has 0 fully saturated rings. The highest BCUT2D eigenvalue weighted by atomic mass is 16.5. The number of ether oxygens (including phenoxy) is 1. The molecule has 0 bridgehead atoms. The van der Waals surface area contributed by atoms with E-state index in [0.29, 0.717) is 0 Å². The van der Waals surface area contributed by atoms with E-state index in [2.05, 4.69) is 4.74 Å². The molecule has 1 aromatic carbocycles. The van der Waals surface area contributed by atoms with Crippen molar-refractivity contribution in [2.45, 2.75) is 6.92 Å². The summed E-state index contributed by atoms with van der Waals surface area (Å²) in [5.74, 6) is -0.949. The van der Waals surface area contributed by atoms with Gasteiger partial charge in [-0.2, -0.15) is 0 Å². The van der Waals surface area contributed by atoms with Crippen molar-refractivity contribution in [3.8, 4) is 0 Å². The summed E-state index contributed by atoms with van der Waals surface area (Å²) in [5.41, 5.74) is 1.72. The van der Waals surface area contributed by atoms with Gasteiger partial charge in [0.2, 0.25) is 0 Å². The van der Waals surface area contributed by atoms with Gasteiger partial charge in [-0.05, 0) is 24.1 Å². The average molecular weight is 273 g/mol. The second-order valence-electron chi connectivity index (χ2n) is 4.52. The smallest absolute Gasteiger partial charge is 0.341 e. The Kier molecular flexibility index (Phi) is 5.72. The van der Waals surface area contributed by atoms with E-state index in [9.17, 15) is 9.59 Å². The normalized spacial score (nSPS) is 12.0. The van der Waals surface area contributed by atoms with E-state index < -0.39 is 5.97 Å². The maximum atomic E-state index is 11.7. The molecule has 0 aromatic heterocycles. The first-order valence-electron chi connectivity index (χ1n) is 6.20. The van der Waals surface area contributed by atoms with Gasteiger partial charge in [0.15, 0.2) is 5.78 Å². The fourth-order valence-corrected chi connectivity index (χ4v) is 1.67. The van der Waals surface area contributed by atoms with E-state index >= 15 is 0 Å². The van der Waals surface area contributed by atoms with Gasteiger partial charge < -0.3 is 9.64 Å². The number of nitrogens with zero attached hydrogens (tertiary/aromatic N) is 1. The van der Waals surface area contributed by atoms with Gasteiger partial charge in [-0.15, -0.1) is 0 Å². The van der Waals surface area contributed by atoms with Gasteiger partial charge in [-0.3, -0.25) is 4.79 Å². The van der Waals surface area contributed by atoms with Crippen LogP contribution in [0, 0.1) is 0 Å². The zero-order chi connectivity index (χ0) is 15.1. The molecule has 106 valence electrons. The minimum absolute atomic E-state index is 0.0319. The van der Waals surface area contributed by atoms with Crippen LogP contribution < -0.4 is 0 Å². The van der Waals surface area contributed by atoms with Crippen LogP contribution in [0.3, 0.4) is 0 Å². The molecule has 4 nitrogen and oxygen atoms in total. The van der Waals surface area contributed by atoms with E-state index in [4.69, 9.17) is 0 Å². The molecule has 0 aliphatic rings. The minimum atomic E-state index is -0.627. The van der Waals surface area contributed by atoms with Crippen LogP contribution in [0.1, 0.15) is 12.5 Å². The fourth-order valence-electron chi connectivity index (χ4n) is 1.67. The summed E-state index contributed by atoms with van der Waals surface area (Å²) in [7, 11) is 5.02. The van der Waals surface area contributed by atoms with Crippen molar-refractivity contribution in [3.05, 3.63) is 53.7 Å². The van der Waals surface area contributed by atoms with Crippen LogP contribution in [0.2, 0.25) is 0 Å². The molecule has 0 spiro atoms. The lowest BCUT2D eigenvalue weighted by molar-refractivity contribution is -0.137. The van der Waals surface area contributed by atoms with E-state index in [1.807, 2.05) is 55.5 Å². The Balaban J connectivity index is 3.32. The molecule has 4 heteroatoms. The second kappa shape index (κ2) is 7.28. The molecular weight excluding hydrogens is 254 g/mol. The van der Waals surface area contributed by atoms with Gasteiger partial charge in [0.05, 0.1) is 7.11 Å². The summed E-state index contributed by atoms with van der Waals surface area (Å²) in [6.45, 7) is 1.35. The van der Waals surface area contributed by atoms with Gasteiger partial charge in [0.25, 0.3) is 0 Å². The topological polar surface area (TPSA) is 46.6 Å². The fraction of sp³-hybridized carbons (Fsp3) is 0.250. The van der Waals surface area contributed by atoms with Crippen LogP contribution >= 0.6 is 0 Å². The lowest BCUT2D eigenvalue weighted by Gasteiger charge is -2.10. The van der Waals surface area contributed by atoms with Crippen LogP contribution in [-0.4, -0.2) is 37.9 Å². The number of carbonyl (C=O) groups excluding carboxylic acids is 2. The lowest BCUT2D eigenvalue weighted by atomic mass is 10.0. The van der Waals surface area contributed by atoms with E-state index in [0.717, 1.165) is 11.1 Å². The van der Waals surface area contributed by atoms with E-state index in [1.54, 1.807) is 6.08 Å². The van der Waals surface area contributed by atoms with Gasteiger partial charge >= 0.3 is 5.97 Å². The molecule has 0 N–H and O–H groups in total. The highest BCUT2D eigenvalue weighted by Gasteiger charge is 2.15. The van der Waals surface area contributed by atoms with Crippen molar-refractivity contribution in [2.24, 2.45) is 0 Å². The number of hydrogen-bond acceptors (Lipinski definition) is 4. The molecule has 0 unspecified atom stereocenters. The van der Waals surface area contributed by atoms with Crippen molar-refractivity contribution in [1.82, 2.24) is 4.90 Å². The molecule has 1 aromatic rings. The monoisotopic (exact) mass is 273 g/mol. The highest BCUT2D eigenvalue weighted by molar-refractivity contribution is 6.17. The third-order valence-corrected chi connectivity index (χ3v) is 2.59. The van der Waals surface area contributed by atoms with Crippen LogP contribution in [0.5, 0.6) is 0 Å².